The first-order valence-electron chi connectivity index (χ1n) is 7.57. The molecular weight excluding hydrogens is 332 g/mol. The van der Waals surface area contributed by atoms with Gasteiger partial charge in [-0.3, -0.25) is 0 Å². The van der Waals surface area contributed by atoms with Crippen LogP contribution < -0.4 is 14.8 Å². The van der Waals surface area contributed by atoms with E-state index in [1.807, 2.05) is 0 Å². The Hall–Kier alpha value is -0.780. The first-order valence-corrected chi connectivity index (χ1v) is 8.36. The molecule has 0 amide bonds. The maximum absolute atomic E-state index is 5.67. The number of likely N-dealkylation sites (N-methyl/N-ethyl adjacent to an activating group) is 1. The molecule has 0 radical (unpaired) electrons. The summed E-state index contributed by atoms with van der Waals surface area (Å²) in [5.41, 5.74) is 1.57. The van der Waals surface area contributed by atoms with Crippen LogP contribution in [0.1, 0.15) is 24.8 Å². The summed E-state index contributed by atoms with van der Waals surface area (Å²) in [6.45, 7) is 3.13. The van der Waals surface area contributed by atoms with Gasteiger partial charge < -0.3 is 19.7 Å². The van der Waals surface area contributed by atoms with E-state index in [0.717, 1.165) is 29.1 Å². The summed E-state index contributed by atoms with van der Waals surface area (Å²) in [6.07, 6.45) is 3.92. The fourth-order valence-corrected chi connectivity index (χ4v) is 3.68. The van der Waals surface area contributed by atoms with Crippen molar-refractivity contribution in [2.24, 2.45) is 0 Å². The molecule has 0 unspecified atom stereocenters. The standard InChI is InChI=1S/C16H23BrN2O2/c1-19(2)16(4-3-5-16)11-18-10-12-8-13(17)15-14(9-12)20-6-7-21-15/h8-9,18H,3-7,10-11H2,1-2H3. The molecule has 1 aromatic carbocycles. The van der Waals surface area contributed by atoms with Crippen LogP contribution in [0.5, 0.6) is 11.5 Å². The zero-order valence-corrected chi connectivity index (χ0v) is 14.3. The smallest absolute Gasteiger partial charge is 0.175 e. The van der Waals surface area contributed by atoms with Crippen LogP contribution in [-0.4, -0.2) is 44.3 Å². The number of rotatable bonds is 5. The molecule has 1 heterocycles. The van der Waals surface area contributed by atoms with E-state index < -0.39 is 0 Å². The van der Waals surface area contributed by atoms with Crippen molar-refractivity contribution >= 4 is 15.9 Å². The van der Waals surface area contributed by atoms with E-state index in [0.29, 0.717) is 18.8 Å². The van der Waals surface area contributed by atoms with E-state index >= 15 is 0 Å². The number of halogens is 1. The molecule has 0 atom stereocenters. The fraction of sp³-hybridized carbons (Fsp3) is 0.625. The largest absolute Gasteiger partial charge is 0.486 e. The second-order valence-corrected chi connectivity index (χ2v) is 7.03. The van der Waals surface area contributed by atoms with Gasteiger partial charge in [-0.15, -0.1) is 0 Å². The molecule has 0 saturated heterocycles. The highest BCUT2D eigenvalue weighted by Crippen LogP contribution is 2.39. The van der Waals surface area contributed by atoms with Crippen LogP contribution >= 0.6 is 15.9 Å². The quantitative estimate of drug-likeness (QED) is 0.881. The van der Waals surface area contributed by atoms with Crippen molar-refractivity contribution in [2.75, 3.05) is 33.9 Å². The van der Waals surface area contributed by atoms with Gasteiger partial charge in [-0.1, -0.05) is 0 Å². The van der Waals surface area contributed by atoms with Gasteiger partial charge in [-0.05, 0) is 67.0 Å². The monoisotopic (exact) mass is 354 g/mol. The first kappa shape index (κ1) is 15.1. The molecule has 1 aliphatic carbocycles. The highest BCUT2D eigenvalue weighted by atomic mass is 79.9. The van der Waals surface area contributed by atoms with Gasteiger partial charge in [0.15, 0.2) is 11.5 Å². The highest BCUT2D eigenvalue weighted by Gasteiger charge is 2.38. The SMILES string of the molecule is CN(C)C1(CNCc2cc(Br)c3c(c2)OCCO3)CCC1. The van der Waals surface area contributed by atoms with Crippen molar-refractivity contribution in [1.29, 1.82) is 0 Å². The number of nitrogens with zero attached hydrogens (tertiary/aromatic N) is 1. The molecule has 1 saturated carbocycles. The Labute approximate surface area is 134 Å². The van der Waals surface area contributed by atoms with E-state index in [1.54, 1.807) is 0 Å². The number of nitrogens with one attached hydrogen (secondary N) is 1. The zero-order valence-electron chi connectivity index (χ0n) is 12.7. The molecule has 1 fully saturated rings. The minimum atomic E-state index is 0.352. The van der Waals surface area contributed by atoms with Crippen LogP contribution in [0.2, 0.25) is 0 Å². The third-order valence-electron chi connectivity index (χ3n) is 4.67. The third kappa shape index (κ3) is 3.05. The summed E-state index contributed by atoms with van der Waals surface area (Å²) < 4.78 is 12.3. The summed E-state index contributed by atoms with van der Waals surface area (Å²) in [4.78, 5) is 2.36. The molecule has 0 bridgehead atoms. The van der Waals surface area contributed by atoms with Crippen LogP contribution in [-0.2, 0) is 6.54 Å². The van der Waals surface area contributed by atoms with E-state index in [9.17, 15) is 0 Å². The Morgan fingerprint density at radius 2 is 2.00 bits per heavy atom. The van der Waals surface area contributed by atoms with Gasteiger partial charge in [0.2, 0.25) is 0 Å². The van der Waals surface area contributed by atoms with Crippen LogP contribution in [0, 0.1) is 0 Å². The minimum absolute atomic E-state index is 0.352. The van der Waals surface area contributed by atoms with Gasteiger partial charge in [-0.25, -0.2) is 0 Å². The molecule has 2 aliphatic rings. The molecule has 116 valence electrons. The van der Waals surface area contributed by atoms with Crippen molar-refractivity contribution in [2.45, 2.75) is 31.3 Å². The Kier molecular flexibility index (Phi) is 4.43. The average molecular weight is 355 g/mol. The average Bonchev–Trinajstić information content (AvgIpc) is 2.41. The maximum Gasteiger partial charge on any atom is 0.175 e. The van der Waals surface area contributed by atoms with Gasteiger partial charge in [0, 0.05) is 18.6 Å². The molecule has 4 nitrogen and oxygen atoms in total. The van der Waals surface area contributed by atoms with E-state index in [1.165, 1.54) is 24.8 Å². The van der Waals surface area contributed by atoms with Crippen molar-refractivity contribution < 1.29 is 9.47 Å². The fourth-order valence-electron chi connectivity index (χ4n) is 3.07. The number of benzene rings is 1. The lowest BCUT2D eigenvalue weighted by atomic mass is 9.75. The Morgan fingerprint density at radius 1 is 1.24 bits per heavy atom. The summed E-state index contributed by atoms with van der Waals surface area (Å²) in [7, 11) is 4.36. The van der Waals surface area contributed by atoms with Crippen LogP contribution in [0.4, 0.5) is 0 Å². The lowest BCUT2D eigenvalue weighted by Gasteiger charge is -2.47. The van der Waals surface area contributed by atoms with Gasteiger partial charge in [0.25, 0.3) is 0 Å². The lowest BCUT2D eigenvalue weighted by Crippen LogP contribution is -2.56. The molecular formula is C16H23BrN2O2. The number of ether oxygens (including phenoxy) is 2. The molecule has 0 spiro atoms. The van der Waals surface area contributed by atoms with Crippen molar-refractivity contribution in [1.82, 2.24) is 10.2 Å². The van der Waals surface area contributed by atoms with Gasteiger partial charge in [0.05, 0.1) is 4.47 Å². The van der Waals surface area contributed by atoms with Crippen LogP contribution in [0.15, 0.2) is 16.6 Å². The molecule has 21 heavy (non-hydrogen) atoms. The molecule has 1 aliphatic heterocycles. The first-order chi connectivity index (χ1) is 10.1. The summed E-state index contributed by atoms with van der Waals surface area (Å²) in [6, 6.07) is 4.19. The Balaban J connectivity index is 1.62. The second-order valence-electron chi connectivity index (χ2n) is 6.18. The highest BCUT2D eigenvalue weighted by molar-refractivity contribution is 9.10. The Bertz CT molecular complexity index is 515. The maximum atomic E-state index is 5.67. The zero-order chi connectivity index (χ0) is 14.9. The predicted molar refractivity (Wildman–Crippen MR) is 87.1 cm³/mol. The molecule has 3 rings (SSSR count). The second kappa shape index (κ2) is 6.15. The van der Waals surface area contributed by atoms with E-state index in [4.69, 9.17) is 9.47 Å². The van der Waals surface area contributed by atoms with E-state index in [2.05, 4.69) is 52.4 Å². The summed E-state index contributed by atoms with van der Waals surface area (Å²) in [5.74, 6) is 1.67. The van der Waals surface area contributed by atoms with Gasteiger partial charge >= 0.3 is 0 Å². The van der Waals surface area contributed by atoms with Gasteiger partial charge in [-0.2, -0.15) is 0 Å². The van der Waals surface area contributed by atoms with Crippen LogP contribution in [0.3, 0.4) is 0 Å². The molecule has 1 aromatic rings. The number of hydrogen-bond donors (Lipinski definition) is 1. The molecule has 5 heteroatoms. The van der Waals surface area contributed by atoms with Gasteiger partial charge in [0.1, 0.15) is 13.2 Å². The van der Waals surface area contributed by atoms with E-state index in [-0.39, 0.29) is 0 Å². The predicted octanol–water partition coefficient (Wildman–Crippen LogP) is 2.79. The number of fused-ring (bicyclic) bond motifs is 1. The van der Waals surface area contributed by atoms with Crippen molar-refractivity contribution in [3.63, 3.8) is 0 Å². The topological polar surface area (TPSA) is 33.7 Å². The van der Waals surface area contributed by atoms with Crippen molar-refractivity contribution in [3.05, 3.63) is 22.2 Å². The van der Waals surface area contributed by atoms with Crippen LogP contribution in [0.25, 0.3) is 0 Å². The molecule has 0 aromatic heterocycles. The number of hydrogen-bond acceptors (Lipinski definition) is 4. The van der Waals surface area contributed by atoms with Crippen molar-refractivity contribution in [3.8, 4) is 11.5 Å². The Morgan fingerprint density at radius 3 is 2.67 bits per heavy atom. The normalized spacial score (nSPS) is 19.4. The molecule has 1 N–H and O–H groups in total. The lowest BCUT2D eigenvalue weighted by molar-refractivity contribution is 0.0598. The summed E-state index contributed by atoms with van der Waals surface area (Å²) in [5, 5.41) is 3.60. The minimum Gasteiger partial charge on any atom is -0.486 e. The third-order valence-corrected chi connectivity index (χ3v) is 5.26. The summed E-state index contributed by atoms with van der Waals surface area (Å²) >= 11 is 3.57.